The van der Waals surface area contributed by atoms with Crippen LogP contribution in [0.4, 0.5) is 0 Å². The largest absolute Gasteiger partial charge is 0.496 e. The normalized spacial score (nSPS) is 19.7. The zero-order chi connectivity index (χ0) is 17.9. The molecule has 3 rings (SSSR count). The molecular formula is C18H23N3O3S. The molecule has 1 aromatic heterocycles. The SMILES string of the molecule is COc1ccc(-c2cncnc2)cc1CN(C)C1CCCS(=O)(=O)C1. The van der Waals surface area contributed by atoms with Gasteiger partial charge in [-0.25, -0.2) is 18.4 Å². The summed E-state index contributed by atoms with van der Waals surface area (Å²) in [6.45, 7) is 0.630. The average molecular weight is 361 g/mol. The van der Waals surface area contributed by atoms with Crippen molar-refractivity contribution in [3.63, 3.8) is 0 Å². The molecule has 7 heteroatoms. The van der Waals surface area contributed by atoms with Gasteiger partial charge in [0.1, 0.15) is 12.1 Å². The number of sulfone groups is 1. The van der Waals surface area contributed by atoms with Crippen molar-refractivity contribution in [2.45, 2.75) is 25.4 Å². The second-order valence-corrected chi connectivity index (χ2v) is 8.71. The van der Waals surface area contributed by atoms with Crippen LogP contribution in [0, 0.1) is 0 Å². The highest BCUT2D eigenvalue weighted by atomic mass is 32.2. The van der Waals surface area contributed by atoms with Crippen LogP contribution in [0.25, 0.3) is 11.1 Å². The van der Waals surface area contributed by atoms with Crippen LogP contribution in [-0.4, -0.2) is 55.0 Å². The van der Waals surface area contributed by atoms with E-state index in [1.54, 1.807) is 19.5 Å². The minimum absolute atomic E-state index is 0.0483. The molecule has 6 nitrogen and oxygen atoms in total. The Morgan fingerprint density at radius 2 is 2.00 bits per heavy atom. The van der Waals surface area contributed by atoms with Crippen LogP contribution in [0.2, 0.25) is 0 Å². The number of methoxy groups -OCH3 is 1. The molecule has 0 bridgehead atoms. The van der Waals surface area contributed by atoms with Gasteiger partial charge >= 0.3 is 0 Å². The second kappa shape index (κ2) is 7.49. The Morgan fingerprint density at radius 3 is 2.68 bits per heavy atom. The molecule has 0 amide bonds. The van der Waals surface area contributed by atoms with E-state index in [-0.39, 0.29) is 11.8 Å². The summed E-state index contributed by atoms with van der Waals surface area (Å²) < 4.78 is 29.3. The fourth-order valence-corrected chi connectivity index (χ4v) is 5.05. The summed E-state index contributed by atoms with van der Waals surface area (Å²) in [5.41, 5.74) is 2.98. The molecule has 1 saturated heterocycles. The van der Waals surface area contributed by atoms with Crippen LogP contribution in [0.5, 0.6) is 5.75 Å². The van der Waals surface area contributed by atoms with Gasteiger partial charge in [0.05, 0.1) is 18.6 Å². The molecule has 2 heterocycles. The Hall–Kier alpha value is -1.99. The first-order valence-electron chi connectivity index (χ1n) is 8.31. The zero-order valence-corrected chi connectivity index (χ0v) is 15.4. The summed E-state index contributed by atoms with van der Waals surface area (Å²) in [4.78, 5) is 10.2. The van der Waals surface area contributed by atoms with Gasteiger partial charge in [0.25, 0.3) is 0 Å². The summed E-state index contributed by atoms with van der Waals surface area (Å²) in [5, 5.41) is 0. The van der Waals surface area contributed by atoms with E-state index in [1.165, 1.54) is 6.33 Å². The maximum absolute atomic E-state index is 11.9. The van der Waals surface area contributed by atoms with Crippen molar-refractivity contribution >= 4 is 9.84 Å². The molecule has 0 radical (unpaired) electrons. The maximum Gasteiger partial charge on any atom is 0.151 e. The van der Waals surface area contributed by atoms with Crippen molar-refractivity contribution in [2.75, 3.05) is 25.7 Å². The first kappa shape index (κ1) is 17.8. The van der Waals surface area contributed by atoms with Crippen molar-refractivity contribution < 1.29 is 13.2 Å². The minimum atomic E-state index is -2.93. The van der Waals surface area contributed by atoms with Gasteiger partial charge in [0, 0.05) is 36.1 Å². The highest BCUT2D eigenvalue weighted by molar-refractivity contribution is 7.91. The lowest BCUT2D eigenvalue weighted by molar-refractivity contribution is 0.231. The van der Waals surface area contributed by atoms with Gasteiger partial charge in [0.15, 0.2) is 9.84 Å². The lowest BCUT2D eigenvalue weighted by Crippen LogP contribution is -2.41. The number of rotatable bonds is 5. The van der Waals surface area contributed by atoms with Gasteiger partial charge < -0.3 is 4.74 Å². The van der Waals surface area contributed by atoms with E-state index < -0.39 is 9.84 Å². The van der Waals surface area contributed by atoms with Crippen molar-refractivity contribution in [3.05, 3.63) is 42.5 Å². The number of hydrogen-bond donors (Lipinski definition) is 0. The van der Waals surface area contributed by atoms with E-state index in [1.807, 2.05) is 19.2 Å². The third kappa shape index (κ3) is 4.35. The standard InChI is InChI=1S/C18H23N3O3S/c1-21(17-4-3-7-25(22,23)12-17)11-15-8-14(5-6-18(15)24-2)16-9-19-13-20-10-16/h5-6,8-10,13,17H,3-4,7,11-12H2,1-2H3. The fraction of sp³-hybridized carbons (Fsp3) is 0.444. The quantitative estimate of drug-likeness (QED) is 0.813. The van der Waals surface area contributed by atoms with E-state index in [0.717, 1.165) is 35.3 Å². The van der Waals surface area contributed by atoms with Crippen molar-refractivity contribution in [3.8, 4) is 16.9 Å². The first-order valence-corrected chi connectivity index (χ1v) is 10.1. The summed E-state index contributed by atoms with van der Waals surface area (Å²) in [6, 6.07) is 6.02. The van der Waals surface area contributed by atoms with Gasteiger partial charge in [-0.1, -0.05) is 6.07 Å². The maximum atomic E-state index is 11.9. The topological polar surface area (TPSA) is 72.4 Å². The van der Waals surface area contributed by atoms with Crippen LogP contribution >= 0.6 is 0 Å². The molecule has 1 atom stereocenters. The fourth-order valence-electron chi connectivity index (χ4n) is 3.27. The molecule has 1 fully saturated rings. The number of aromatic nitrogens is 2. The summed E-state index contributed by atoms with van der Waals surface area (Å²) in [6.07, 6.45) is 6.69. The molecule has 134 valence electrons. The molecular weight excluding hydrogens is 338 g/mol. The lowest BCUT2D eigenvalue weighted by atomic mass is 10.0. The van der Waals surface area contributed by atoms with Crippen molar-refractivity contribution in [2.24, 2.45) is 0 Å². The molecule has 0 N–H and O–H groups in total. The Bertz CT molecular complexity index is 825. The summed E-state index contributed by atoms with van der Waals surface area (Å²) in [5.74, 6) is 1.34. The van der Waals surface area contributed by atoms with Crippen LogP contribution in [0.1, 0.15) is 18.4 Å². The Morgan fingerprint density at radius 1 is 1.24 bits per heavy atom. The highest BCUT2D eigenvalue weighted by Crippen LogP contribution is 2.28. The second-order valence-electron chi connectivity index (χ2n) is 6.48. The molecule has 0 saturated carbocycles. The smallest absolute Gasteiger partial charge is 0.151 e. The molecule has 1 unspecified atom stereocenters. The molecule has 0 spiro atoms. The lowest BCUT2D eigenvalue weighted by Gasteiger charge is -2.31. The summed E-state index contributed by atoms with van der Waals surface area (Å²) >= 11 is 0. The predicted molar refractivity (Wildman–Crippen MR) is 97.2 cm³/mol. The molecule has 1 aliphatic heterocycles. The number of benzene rings is 1. The number of ether oxygens (including phenoxy) is 1. The van der Waals surface area contributed by atoms with E-state index >= 15 is 0 Å². The van der Waals surface area contributed by atoms with Crippen molar-refractivity contribution in [1.82, 2.24) is 14.9 Å². The number of hydrogen-bond acceptors (Lipinski definition) is 6. The Labute approximate surface area is 148 Å². The molecule has 25 heavy (non-hydrogen) atoms. The average Bonchev–Trinajstić information content (AvgIpc) is 2.61. The van der Waals surface area contributed by atoms with Gasteiger partial charge in [-0.3, -0.25) is 4.90 Å². The van der Waals surface area contributed by atoms with Gasteiger partial charge in [-0.2, -0.15) is 0 Å². The van der Waals surface area contributed by atoms with Crippen LogP contribution in [0.15, 0.2) is 36.9 Å². The minimum Gasteiger partial charge on any atom is -0.496 e. The van der Waals surface area contributed by atoms with Crippen LogP contribution in [0.3, 0.4) is 0 Å². The monoisotopic (exact) mass is 361 g/mol. The van der Waals surface area contributed by atoms with Crippen LogP contribution in [-0.2, 0) is 16.4 Å². The summed E-state index contributed by atoms with van der Waals surface area (Å²) in [7, 11) is 0.698. The Balaban J connectivity index is 1.83. The predicted octanol–water partition coefficient (Wildman–Crippen LogP) is 2.16. The van der Waals surface area contributed by atoms with E-state index in [2.05, 4.69) is 20.9 Å². The van der Waals surface area contributed by atoms with E-state index in [4.69, 9.17) is 4.74 Å². The first-order chi connectivity index (χ1) is 12.0. The van der Waals surface area contributed by atoms with E-state index in [0.29, 0.717) is 12.3 Å². The van der Waals surface area contributed by atoms with Gasteiger partial charge in [-0.05, 0) is 37.6 Å². The van der Waals surface area contributed by atoms with Gasteiger partial charge in [0.2, 0.25) is 0 Å². The molecule has 0 aliphatic carbocycles. The molecule has 2 aromatic rings. The van der Waals surface area contributed by atoms with Crippen LogP contribution < -0.4 is 4.74 Å². The highest BCUT2D eigenvalue weighted by Gasteiger charge is 2.27. The molecule has 1 aliphatic rings. The zero-order valence-electron chi connectivity index (χ0n) is 14.6. The number of nitrogens with zero attached hydrogens (tertiary/aromatic N) is 3. The third-order valence-corrected chi connectivity index (χ3v) is 6.46. The molecule has 1 aromatic carbocycles. The van der Waals surface area contributed by atoms with E-state index in [9.17, 15) is 8.42 Å². The van der Waals surface area contributed by atoms with Crippen molar-refractivity contribution in [1.29, 1.82) is 0 Å². The Kier molecular flexibility index (Phi) is 5.34. The van der Waals surface area contributed by atoms with Gasteiger partial charge in [-0.15, -0.1) is 0 Å². The third-order valence-electron chi connectivity index (χ3n) is 4.66.